The van der Waals surface area contributed by atoms with Crippen molar-refractivity contribution >= 4 is 23.0 Å². The second-order valence-corrected chi connectivity index (χ2v) is 7.93. The summed E-state index contributed by atoms with van der Waals surface area (Å²) in [5.41, 5.74) is 5.02. The molecular formula is C25H21FN4S. The van der Waals surface area contributed by atoms with Crippen LogP contribution < -0.4 is 10.2 Å². The highest BCUT2D eigenvalue weighted by Gasteiger charge is 2.42. The Morgan fingerprint density at radius 3 is 2.32 bits per heavy atom. The monoisotopic (exact) mass is 428 g/mol. The lowest BCUT2D eigenvalue weighted by atomic mass is 10.0. The molecule has 2 aromatic carbocycles. The van der Waals surface area contributed by atoms with E-state index >= 15 is 0 Å². The Hall–Kier alpha value is -3.51. The van der Waals surface area contributed by atoms with Crippen LogP contribution in [0.3, 0.4) is 0 Å². The van der Waals surface area contributed by atoms with E-state index in [4.69, 9.17) is 12.2 Å². The number of rotatable bonds is 4. The number of nitrogens with one attached hydrogen (secondary N) is 1. The summed E-state index contributed by atoms with van der Waals surface area (Å²) in [6, 6.07) is 26.5. The quantitative estimate of drug-likeness (QED) is 0.435. The molecule has 1 aliphatic heterocycles. The van der Waals surface area contributed by atoms with Crippen molar-refractivity contribution in [3.8, 4) is 5.69 Å². The van der Waals surface area contributed by atoms with E-state index in [0.29, 0.717) is 5.11 Å². The third-order valence-electron chi connectivity index (χ3n) is 5.63. The van der Waals surface area contributed by atoms with Gasteiger partial charge in [0.1, 0.15) is 11.9 Å². The summed E-state index contributed by atoms with van der Waals surface area (Å²) in [7, 11) is 0. The standard InChI is InChI=1S/C25H21FN4S/c1-17-10-15-22(29(17)19-7-3-2-4-8-19)24-23(21-9-5-6-16-27-21)28-25(31)30(24)20-13-11-18(26)12-14-20/h2-16,23-24H,1H3,(H,28,31)/t23-,24+/m0/s1. The van der Waals surface area contributed by atoms with Gasteiger partial charge in [0.05, 0.1) is 11.7 Å². The van der Waals surface area contributed by atoms with Crippen molar-refractivity contribution in [3.63, 3.8) is 0 Å². The zero-order valence-corrected chi connectivity index (χ0v) is 17.8. The Morgan fingerprint density at radius 2 is 1.61 bits per heavy atom. The maximum absolute atomic E-state index is 13.6. The molecule has 2 atom stereocenters. The normalized spacial score (nSPS) is 18.3. The molecule has 1 aliphatic rings. The molecule has 0 amide bonds. The Morgan fingerprint density at radius 1 is 0.871 bits per heavy atom. The summed E-state index contributed by atoms with van der Waals surface area (Å²) in [4.78, 5) is 6.66. The molecule has 0 saturated carbocycles. The van der Waals surface area contributed by atoms with E-state index in [1.165, 1.54) is 12.1 Å². The second kappa shape index (κ2) is 7.96. The molecule has 0 radical (unpaired) electrons. The SMILES string of the molecule is Cc1ccc([C@@H]2[C@H](c3ccccn3)NC(=S)N2c2ccc(F)cc2)n1-c1ccccc1. The van der Waals surface area contributed by atoms with Crippen molar-refractivity contribution < 1.29 is 4.39 Å². The number of hydrogen-bond acceptors (Lipinski definition) is 2. The highest BCUT2D eigenvalue weighted by molar-refractivity contribution is 7.80. The number of anilines is 1. The van der Waals surface area contributed by atoms with Gasteiger partial charge >= 0.3 is 0 Å². The van der Waals surface area contributed by atoms with E-state index in [2.05, 4.69) is 51.0 Å². The maximum atomic E-state index is 13.6. The van der Waals surface area contributed by atoms with Crippen molar-refractivity contribution in [1.82, 2.24) is 14.9 Å². The average molecular weight is 429 g/mol. The molecule has 2 aromatic heterocycles. The topological polar surface area (TPSA) is 33.1 Å². The summed E-state index contributed by atoms with van der Waals surface area (Å²) in [5.74, 6) is -0.275. The van der Waals surface area contributed by atoms with E-state index in [9.17, 15) is 4.39 Å². The van der Waals surface area contributed by atoms with Gasteiger partial charge < -0.3 is 14.8 Å². The van der Waals surface area contributed by atoms with Gasteiger partial charge in [-0.25, -0.2) is 4.39 Å². The van der Waals surface area contributed by atoms with Crippen molar-refractivity contribution in [2.45, 2.75) is 19.0 Å². The van der Waals surface area contributed by atoms with Gasteiger partial charge in [0, 0.05) is 29.0 Å². The van der Waals surface area contributed by atoms with Crippen LogP contribution in [-0.4, -0.2) is 14.7 Å². The third-order valence-corrected chi connectivity index (χ3v) is 5.94. The predicted octanol–water partition coefficient (Wildman–Crippen LogP) is 5.50. The van der Waals surface area contributed by atoms with E-state index in [1.807, 2.05) is 36.4 Å². The van der Waals surface area contributed by atoms with Gasteiger partial charge in [-0.1, -0.05) is 24.3 Å². The van der Waals surface area contributed by atoms with Gasteiger partial charge in [-0.2, -0.15) is 0 Å². The smallest absolute Gasteiger partial charge is 0.174 e. The lowest BCUT2D eigenvalue weighted by molar-refractivity contribution is 0.548. The van der Waals surface area contributed by atoms with E-state index in [1.54, 1.807) is 18.3 Å². The summed E-state index contributed by atoms with van der Waals surface area (Å²) in [6.07, 6.45) is 1.79. The van der Waals surface area contributed by atoms with Gasteiger partial charge in [-0.3, -0.25) is 4.98 Å². The van der Waals surface area contributed by atoms with Crippen molar-refractivity contribution in [1.29, 1.82) is 0 Å². The first-order chi connectivity index (χ1) is 15.1. The highest BCUT2D eigenvalue weighted by Crippen LogP contribution is 2.42. The third kappa shape index (κ3) is 3.49. The Balaban J connectivity index is 1.70. The number of benzene rings is 2. The molecule has 1 N–H and O–H groups in total. The molecule has 1 fully saturated rings. The molecule has 0 unspecified atom stereocenters. The predicted molar refractivity (Wildman–Crippen MR) is 125 cm³/mol. The molecule has 1 saturated heterocycles. The first kappa shape index (κ1) is 19.5. The molecule has 0 aliphatic carbocycles. The molecule has 6 heteroatoms. The summed E-state index contributed by atoms with van der Waals surface area (Å²) >= 11 is 5.76. The number of nitrogens with zero attached hydrogens (tertiary/aromatic N) is 3. The number of halogens is 1. The lowest BCUT2D eigenvalue weighted by Gasteiger charge is -2.29. The number of para-hydroxylation sites is 1. The fraction of sp³-hybridized carbons (Fsp3) is 0.120. The molecule has 0 bridgehead atoms. The number of pyridine rings is 1. The molecule has 4 aromatic rings. The largest absolute Gasteiger partial charge is 0.351 e. The first-order valence-electron chi connectivity index (χ1n) is 10.1. The van der Waals surface area contributed by atoms with Gasteiger partial charge in [0.25, 0.3) is 0 Å². The van der Waals surface area contributed by atoms with Gasteiger partial charge in [0.2, 0.25) is 0 Å². The average Bonchev–Trinajstić information content (AvgIpc) is 3.35. The second-order valence-electron chi connectivity index (χ2n) is 7.54. The minimum Gasteiger partial charge on any atom is -0.351 e. The zero-order valence-electron chi connectivity index (χ0n) is 16.9. The van der Waals surface area contributed by atoms with Gasteiger partial charge in [-0.15, -0.1) is 0 Å². The number of aryl methyl sites for hydroxylation is 1. The molecule has 5 rings (SSSR count). The fourth-order valence-corrected chi connectivity index (χ4v) is 4.60. The lowest BCUT2D eigenvalue weighted by Crippen LogP contribution is -2.30. The van der Waals surface area contributed by atoms with Crippen LogP contribution in [0.2, 0.25) is 0 Å². The van der Waals surface area contributed by atoms with Gasteiger partial charge in [-0.05, 0) is 79.8 Å². The van der Waals surface area contributed by atoms with Crippen molar-refractivity contribution in [2.75, 3.05) is 4.90 Å². The summed E-state index contributed by atoms with van der Waals surface area (Å²) in [5, 5.41) is 4.05. The van der Waals surface area contributed by atoms with E-state index in [0.717, 1.165) is 28.5 Å². The first-order valence-corrected chi connectivity index (χ1v) is 10.5. The molecule has 3 heterocycles. The summed E-state index contributed by atoms with van der Waals surface area (Å²) < 4.78 is 15.9. The van der Waals surface area contributed by atoms with Gasteiger partial charge in [0.15, 0.2) is 5.11 Å². The zero-order chi connectivity index (χ0) is 21.4. The Labute approximate surface area is 186 Å². The van der Waals surface area contributed by atoms with Crippen LogP contribution in [0.1, 0.15) is 29.2 Å². The van der Waals surface area contributed by atoms with Crippen LogP contribution in [-0.2, 0) is 0 Å². The van der Waals surface area contributed by atoms with Crippen LogP contribution in [0.25, 0.3) is 5.69 Å². The molecule has 154 valence electrons. The minimum absolute atomic E-state index is 0.157. The van der Waals surface area contributed by atoms with Crippen LogP contribution in [0.5, 0.6) is 0 Å². The van der Waals surface area contributed by atoms with Crippen molar-refractivity contribution in [2.24, 2.45) is 0 Å². The van der Waals surface area contributed by atoms with Crippen molar-refractivity contribution in [3.05, 3.63) is 114 Å². The number of aromatic nitrogens is 2. The fourth-order valence-electron chi connectivity index (χ4n) is 4.25. The molecule has 31 heavy (non-hydrogen) atoms. The molecular weight excluding hydrogens is 407 g/mol. The number of thiocarbonyl (C=S) groups is 1. The maximum Gasteiger partial charge on any atom is 0.174 e. The molecule has 0 spiro atoms. The Bertz CT molecular complexity index is 1210. The number of hydrogen-bond donors (Lipinski definition) is 1. The van der Waals surface area contributed by atoms with E-state index in [-0.39, 0.29) is 17.9 Å². The van der Waals surface area contributed by atoms with Crippen LogP contribution >= 0.6 is 12.2 Å². The van der Waals surface area contributed by atoms with E-state index < -0.39 is 0 Å². The Kier molecular flexibility index (Phi) is 5.00. The van der Waals surface area contributed by atoms with Crippen LogP contribution in [0, 0.1) is 12.7 Å². The van der Waals surface area contributed by atoms with Crippen LogP contribution in [0.4, 0.5) is 10.1 Å². The molecule has 4 nitrogen and oxygen atoms in total. The van der Waals surface area contributed by atoms with Crippen LogP contribution in [0.15, 0.2) is 91.1 Å². The summed E-state index contributed by atoms with van der Waals surface area (Å²) in [6.45, 7) is 2.09. The highest BCUT2D eigenvalue weighted by atomic mass is 32.1. The minimum atomic E-state index is -0.275.